The van der Waals surface area contributed by atoms with Crippen LogP contribution in [0.25, 0.3) is 21.5 Å². The summed E-state index contributed by atoms with van der Waals surface area (Å²) in [6, 6.07) is 57.0. The van der Waals surface area contributed by atoms with Crippen molar-refractivity contribution in [2.24, 2.45) is 0 Å². The van der Waals surface area contributed by atoms with Crippen molar-refractivity contribution in [1.29, 1.82) is 21.6 Å². The highest BCUT2D eigenvalue weighted by molar-refractivity contribution is 7.93. The molecule has 10 aromatic carbocycles. The third-order valence-corrected chi connectivity index (χ3v) is 15.9. The van der Waals surface area contributed by atoms with Crippen molar-refractivity contribution in [1.82, 2.24) is 21.1 Å². The Bertz CT molecular complexity index is 4630. The molecule has 10 aromatic rings. The number of benzene rings is 10. The van der Waals surface area contributed by atoms with Crippen LogP contribution in [0.15, 0.2) is 228 Å². The normalized spacial score (nSPS) is 11.2. The maximum Gasteiger partial charge on any atom is 0.261 e. The predicted molar refractivity (Wildman–Crippen MR) is 332 cm³/mol. The standard InChI is InChI=1S/C64H52N10O13S2/c1-39(75)73(78)63(67)45-15-25-53(26-16-45)85-57-35-50(72-89(81,82)60-30-20-42-8-4-6-10-48(42)32-60)36-58(38-57)86-54-27-17-46(18-28-54)64(68)74(40(2)76)87-70-62(66)44-13-23-52(24-14-44)84-56-34-49(33-55(37-56)83-51-21-11-43(12-22-51)61(65)69-77)71-88(79,80)59-29-19-41-7-3-5-9-47(41)31-59/h3-38,67-68,71-72,77-78H,1-2H3,(H2,65,69)(H2,66,70). The smallest absolute Gasteiger partial charge is 0.261 e. The first kappa shape index (κ1) is 60.6. The third-order valence-electron chi connectivity index (χ3n) is 13.2. The number of nitrogens with one attached hydrogen (secondary N) is 8. The molecular formula is C64H52N10O13S2. The molecule has 0 atom stereocenters. The first-order valence-corrected chi connectivity index (χ1v) is 29.6. The van der Waals surface area contributed by atoms with Gasteiger partial charge in [-0.05, 0) is 143 Å². The molecule has 0 fully saturated rings. The van der Waals surface area contributed by atoms with Crippen LogP contribution in [0, 0.1) is 21.6 Å². The van der Waals surface area contributed by atoms with Crippen LogP contribution in [-0.4, -0.2) is 72.5 Å². The molecule has 10 rings (SSSR count). The molecule has 25 heteroatoms. The number of hydrogen-bond acceptors (Lipinski definition) is 17. The fraction of sp³-hybridized carbons (Fsp3) is 0.0312. The average Bonchev–Trinajstić information content (AvgIpc) is 1.42. The first-order chi connectivity index (χ1) is 42.7. The summed E-state index contributed by atoms with van der Waals surface area (Å²) < 4.78 is 84.9. The number of ether oxygens (including phenoxy) is 4. The van der Waals surface area contributed by atoms with Gasteiger partial charge >= 0.3 is 0 Å². The quantitative estimate of drug-likeness (QED) is 0.0147. The number of hydrogen-bond donors (Lipinski definition) is 10. The van der Waals surface area contributed by atoms with Crippen LogP contribution >= 0.6 is 0 Å². The predicted octanol–water partition coefficient (Wildman–Crippen LogP) is 12.3. The van der Waals surface area contributed by atoms with E-state index in [1.54, 1.807) is 72.2 Å². The number of amidine groups is 4. The molecule has 0 heterocycles. The lowest BCUT2D eigenvalue weighted by molar-refractivity contribution is -0.172. The van der Waals surface area contributed by atoms with Crippen molar-refractivity contribution in [3.05, 3.63) is 241 Å². The van der Waals surface area contributed by atoms with Crippen LogP contribution in [-0.2, 0) is 34.6 Å². The number of sulfonamides is 2. The van der Waals surface area contributed by atoms with Crippen molar-refractivity contribution in [3.63, 3.8) is 0 Å². The Balaban J connectivity index is 0.812. The first-order valence-electron chi connectivity index (χ1n) is 26.6. The van der Waals surface area contributed by atoms with Gasteiger partial charge in [0.15, 0.2) is 17.5 Å². The number of amides is 2. The average molecular weight is 1230 g/mol. The molecule has 0 unspecified atom stereocenters. The second-order valence-electron chi connectivity index (χ2n) is 19.5. The molecule has 0 saturated carbocycles. The summed E-state index contributed by atoms with van der Waals surface area (Å²) in [6.45, 7) is 2.25. The van der Waals surface area contributed by atoms with Gasteiger partial charge in [0.2, 0.25) is 5.91 Å². The molecule has 0 spiro atoms. The number of rotatable bonds is 20. The van der Waals surface area contributed by atoms with E-state index in [0.29, 0.717) is 21.8 Å². The Morgan fingerprint density at radius 1 is 0.404 bits per heavy atom. The minimum atomic E-state index is -4.17. The van der Waals surface area contributed by atoms with Crippen molar-refractivity contribution >= 4 is 88.1 Å². The number of fused-ring (bicyclic) bond motifs is 2. The SMILES string of the molecule is CC(=O)N(O)C(=N)c1ccc(Oc2cc(NS(=O)(=O)c3ccc4ccccc4c3)cc(Oc3ccc(C(=N)N(ONC(=N)c4ccc(Oc5cc(NS(=O)(=O)c6ccc7ccccc7c6)cc(Oc6ccc(C(=N)NO)cc6)c5)cc4)C(C)=O)cc3)c2)cc1. The molecule has 0 aliphatic carbocycles. The number of nitrogens with zero attached hydrogens (tertiary/aromatic N) is 2. The van der Waals surface area contributed by atoms with Gasteiger partial charge < -0.3 is 18.9 Å². The fourth-order valence-corrected chi connectivity index (χ4v) is 10.9. The van der Waals surface area contributed by atoms with Gasteiger partial charge in [-0.1, -0.05) is 60.7 Å². The summed E-state index contributed by atoms with van der Waals surface area (Å²) in [5.74, 6) is -1.31. The van der Waals surface area contributed by atoms with Gasteiger partial charge in [0.05, 0.1) is 21.2 Å². The van der Waals surface area contributed by atoms with Crippen LogP contribution in [0.4, 0.5) is 11.4 Å². The minimum Gasteiger partial charge on any atom is -0.457 e. The van der Waals surface area contributed by atoms with E-state index in [9.17, 15) is 31.6 Å². The summed E-state index contributed by atoms with van der Waals surface area (Å²) in [6.07, 6.45) is 0. The van der Waals surface area contributed by atoms with Crippen molar-refractivity contribution in [2.45, 2.75) is 23.6 Å². The molecule has 0 bridgehead atoms. The molecular weight excluding hydrogens is 1180 g/mol. The second kappa shape index (κ2) is 26.0. The maximum atomic E-state index is 13.8. The Morgan fingerprint density at radius 2 is 0.753 bits per heavy atom. The van der Waals surface area contributed by atoms with E-state index in [1.807, 2.05) is 30.3 Å². The zero-order valence-corrected chi connectivity index (χ0v) is 48.5. The van der Waals surface area contributed by atoms with E-state index in [4.69, 9.17) is 50.7 Å². The fourth-order valence-electron chi connectivity index (χ4n) is 8.76. The summed E-state index contributed by atoms with van der Waals surface area (Å²) in [4.78, 5) is 30.1. The van der Waals surface area contributed by atoms with Crippen LogP contribution in [0.1, 0.15) is 36.1 Å². The summed E-state index contributed by atoms with van der Waals surface area (Å²) in [5.41, 5.74) is 5.36. The lowest BCUT2D eigenvalue weighted by atomic mass is 10.1. The van der Waals surface area contributed by atoms with Gasteiger partial charge in [0, 0.05) is 72.5 Å². The highest BCUT2D eigenvalue weighted by Crippen LogP contribution is 2.37. The van der Waals surface area contributed by atoms with E-state index in [0.717, 1.165) is 30.0 Å². The maximum absolute atomic E-state index is 13.8. The number of carbonyl (C=O) groups excluding carboxylic acids is 2. The highest BCUT2D eigenvalue weighted by Gasteiger charge is 2.22. The van der Waals surface area contributed by atoms with E-state index in [2.05, 4.69) is 14.9 Å². The lowest BCUT2D eigenvalue weighted by Crippen LogP contribution is -2.41. The molecule has 0 aliphatic heterocycles. The number of carbonyl (C=O) groups is 2. The molecule has 0 saturated heterocycles. The van der Waals surface area contributed by atoms with Crippen LogP contribution < -0.4 is 39.4 Å². The summed E-state index contributed by atoms with van der Waals surface area (Å²) in [5, 5.41) is 56.7. The molecule has 0 aliphatic rings. The molecule has 23 nitrogen and oxygen atoms in total. The summed E-state index contributed by atoms with van der Waals surface area (Å²) >= 11 is 0. The van der Waals surface area contributed by atoms with Gasteiger partial charge in [-0.15, -0.1) is 10.0 Å². The minimum absolute atomic E-state index is 0.00324. The van der Waals surface area contributed by atoms with Gasteiger partial charge in [0.25, 0.3) is 26.0 Å². The molecule has 0 radical (unpaired) electrons. The van der Waals surface area contributed by atoms with E-state index in [1.165, 1.54) is 121 Å². The van der Waals surface area contributed by atoms with Crippen molar-refractivity contribution in [3.8, 4) is 46.0 Å². The van der Waals surface area contributed by atoms with E-state index >= 15 is 0 Å². The van der Waals surface area contributed by atoms with Crippen molar-refractivity contribution < 1.29 is 60.7 Å². The van der Waals surface area contributed by atoms with E-state index < -0.39 is 43.5 Å². The van der Waals surface area contributed by atoms with E-state index in [-0.39, 0.29) is 94.8 Å². The zero-order chi connectivity index (χ0) is 63.0. The summed E-state index contributed by atoms with van der Waals surface area (Å²) in [7, 11) is -8.31. The Hall–Kier alpha value is -11.5. The molecule has 89 heavy (non-hydrogen) atoms. The Labute approximate surface area is 508 Å². The largest absolute Gasteiger partial charge is 0.457 e. The van der Waals surface area contributed by atoms with Crippen molar-refractivity contribution in [2.75, 3.05) is 9.44 Å². The molecule has 2 amide bonds. The highest BCUT2D eigenvalue weighted by atomic mass is 32.2. The topological polar surface area (TPSA) is 339 Å². The number of anilines is 2. The third kappa shape index (κ3) is 14.8. The van der Waals surface area contributed by atoms with Crippen LogP contribution in [0.2, 0.25) is 0 Å². The molecule has 0 aromatic heterocycles. The van der Waals surface area contributed by atoms with Gasteiger partial charge in [0.1, 0.15) is 51.8 Å². The van der Waals surface area contributed by atoms with Crippen LogP contribution in [0.5, 0.6) is 46.0 Å². The molecule has 448 valence electrons. The second-order valence-corrected chi connectivity index (χ2v) is 22.9. The lowest BCUT2D eigenvalue weighted by Gasteiger charge is -2.21. The zero-order valence-electron chi connectivity index (χ0n) is 46.9. The van der Waals surface area contributed by atoms with Gasteiger partial charge in [-0.2, -0.15) is 5.06 Å². The Morgan fingerprint density at radius 3 is 1.11 bits per heavy atom. The monoisotopic (exact) mass is 1230 g/mol. The van der Waals surface area contributed by atoms with Gasteiger partial charge in [-0.3, -0.25) is 56.6 Å². The number of hydroxylamine groups is 6. The molecule has 10 N–H and O–H groups in total. The van der Waals surface area contributed by atoms with Gasteiger partial charge in [-0.25, -0.2) is 22.3 Å². The Kier molecular flexibility index (Phi) is 17.7. The van der Waals surface area contributed by atoms with Crippen LogP contribution in [0.3, 0.4) is 0 Å².